The summed E-state index contributed by atoms with van der Waals surface area (Å²) in [6, 6.07) is 6.01. The Labute approximate surface area is 139 Å². The molecule has 0 radical (unpaired) electrons. The zero-order valence-corrected chi connectivity index (χ0v) is 14.3. The highest BCUT2D eigenvalue weighted by Crippen LogP contribution is 2.44. The van der Waals surface area contributed by atoms with Gasteiger partial charge in [-0.1, -0.05) is 25.8 Å². The maximum Gasteiger partial charge on any atom is 0.235 e. The number of rotatable bonds is 5. The molecule has 1 aromatic rings. The summed E-state index contributed by atoms with van der Waals surface area (Å²) in [5.74, 6) is 0.820. The molecule has 0 atom stereocenters. The molecule has 1 aliphatic carbocycles. The molecule has 1 saturated heterocycles. The number of hydrogen-bond donors (Lipinski definition) is 0. The number of aliphatic imine (C=N–C) groups is 1. The number of isocyanates is 1. The van der Waals surface area contributed by atoms with Crippen LogP contribution in [0.15, 0.2) is 27.7 Å². The Bertz CT molecular complexity index is 600. The summed E-state index contributed by atoms with van der Waals surface area (Å²) >= 11 is 3.58. The lowest BCUT2D eigenvalue weighted by Crippen LogP contribution is -2.44. The Kier molecular flexibility index (Phi) is 4.40. The Morgan fingerprint density at radius 1 is 1.36 bits per heavy atom. The van der Waals surface area contributed by atoms with Crippen LogP contribution in [0.5, 0.6) is 5.75 Å². The molecule has 118 valence electrons. The van der Waals surface area contributed by atoms with Gasteiger partial charge in [-0.05, 0) is 46.5 Å². The summed E-state index contributed by atoms with van der Waals surface area (Å²) in [5, 5.41) is 0. The maximum absolute atomic E-state index is 10.8. The summed E-state index contributed by atoms with van der Waals surface area (Å²) in [4.78, 5) is 14.9. The number of carbonyl (C=O) groups excluding carboxylic acids is 1. The Balaban J connectivity index is 1.78. The zero-order valence-electron chi connectivity index (χ0n) is 12.7. The fraction of sp³-hybridized carbons (Fsp3) is 0.588. The highest BCUT2D eigenvalue weighted by Gasteiger charge is 2.37. The van der Waals surface area contributed by atoms with Crippen molar-refractivity contribution in [2.75, 3.05) is 19.8 Å². The Morgan fingerprint density at radius 2 is 2.09 bits per heavy atom. The molecule has 0 unspecified atom stereocenters. The van der Waals surface area contributed by atoms with Crippen molar-refractivity contribution in [2.24, 2.45) is 10.4 Å². The lowest BCUT2D eigenvalue weighted by atomic mass is 9.89. The van der Waals surface area contributed by atoms with Crippen molar-refractivity contribution in [3.63, 3.8) is 0 Å². The van der Waals surface area contributed by atoms with Crippen LogP contribution in [0.4, 0.5) is 0 Å². The van der Waals surface area contributed by atoms with Crippen LogP contribution in [0.3, 0.4) is 0 Å². The van der Waals surface area contributed by atoms with E-state index in [0.29, 0.717) is 6.61 Å². The van der Waals surface area contributed by atoms with Gasteiger partial charge in [0.25, 0.3) is 0 Å². The van der Waals surface area contributed by atoms with Crippen LogP contribution in [-0.2, 0) is 15.1 Å². The third kappa shape index (κ3) is 2.98. The molecule has 0 bridgehead atoms. The van der Waals surface area contributed by atoms with Crippen LogP contribution in [-0.4, -0.2) is 25.9 Å². The third-order valence-corrected chi connectivity index (χ3v) is 5.26. The van der Waals surface area contributed by atoms with E-state index in [2.05, 4.69) is 27.8 Å². The minimum atomic E-state index is -0.392. The molecular formula is C17H20BrNO3. The molecule has 4 nitrogen and oxygen atoms in total. The number of nitrogens with zero attached hydrogens (tertiary/aromatic N) is 1. The first kappa shape index (κ1) is 15.7. The molecular weight excluding hydrogens is 346 g/mol. The van der Waals surface area contributed by atoms with Gasteiger partial charge < -0.3 is 9.47 Å². The van der Waals surface area contributed by atoms with E-state index >= 15 is 0 Å². The highest BCUT2D eigenvalue weighted by molar-refractivity contribution is 9.10. The van der Waals surface area contributed by atoms with E-state index in [4.69, 9.17) is 9.47 Å². The fourth-order valence-electron chi connectivity index (χ4n) is 3.21. The fourth-order valence-corrected chi connectivity index (χ4v) is 3.70. The molecule has 1 aromatic carbocycles. The molecule has 3 rings (SSSR count). The van der Waals surface area contributed by atoms with E-state index in [9.17, 15) is 4.79 Å². The molecule has 1 heterocycles. The van der Waals surface area contributed by atoms with Crippen molar-refractivity contribution in [3.8, 4) is 5.75 Å². The summed E-state index contributed by atoms with van der Waals surface area (Å²) in [7, 11) is 0. The van der Waals surface area contributed by atoms with Crippen molar-refractivity contribution in [1.29, 1.82) is 0 Å². The standard InChI is InChI=1S/C17H20BrNO3/c1-16(9-21-10-16)11-22-15-5-4-13(8-14(15)18)17(19-12-20)6-2-3-7-17/h4-5,8H,2-3,6-7,9-11H2,1H3. The number of hydrogen-bond acceptors (Lipinski definition) is 4. The van der Waals surface area contributed by atoms with Crippen LogP contribution >= 0.6 is 15.9 Å². The van der Waals surface area contributed by atoms with Gasteiger partial charge in [-0.3, -0.25) is 0 Å². The second-order valence-corrected chi connectivity index (χ2v) is 7.53. The largest absolute Gasteiger partial charge is 0.492 e. The van der Waals surface area contributed by atoms with Gasteiger partial charge in [0.15, 0.2) is 0 Å². The lowest BCUT2D eigenvalue weighted by Gasteiger charge is -2.37. The summed E-state index contributed by atoms with van der Waals surface area (Å²) in [6.07, 6.45) is 5.77. The van der Waals surface area contributed by atoms with E-state index in [-0.39, 0.29) is 5.41 Å². The van der Waals surface area contributed by atoms with Crippen LogP contribution in [0, 0.1) is 5.41 Å². The smallest absolute Gasteiger partial charge is 0.235 e. The van der Waals surface area contributed by atoms with E-state index in [1.54, 1.807) is 6.08 Å². The van der Waals surface area contributed by atoms with Crippen LogP contribution in [0.25, 0.3) is 0 Å². The highest BCUT2D eigenvalue weighted by atomic mass is 79.9. The van der Waals surface area contributed by atoms with Crippen molar-refractivity contribution in [3.05, 3.63) is 28.2 Å². The first-order chi connectivity index (χ1) is 10.6. The SMILES string of the molecule is CC1(COc2ccc(C3(N=C=O)CCCC3)cc2Br)COC1. The molecule has 0 aromatic heterocycles. The van der Waals surface area contributed by atoms with E-state index in [1.807, 2.05) is 18.2 Å². The van der Waals surface area contributed by atoms with Crippen molar-refractivity contribution in [2.45, 2.75) is 38.1 Å². The van der Waals surface area contributed by atoms with Crippen LogP contribution in [0.2, 0.25) is 0 Å². The first-order valence-corrected chi connectivity index (χ1v) is 8.46. The second kappa shape index (κ2) is 6.15. The second-order valence-electron chi connectivity index (χ2n) is 6.68. The molecule has 0 amide bonds. The minimum Gasteiger partial charge on any atom is -0.492 e. The van der Waals surface area contributed by atoms with Crippen molar-refractivity contribution < 1.29 is 14.3 Å². The van der Waals surface area contributed by atoms with Crippen molar-refractivity contribution in [1.82, 2.24) is 0 Å². The molecule has 1 saturated carbocycles. The van der Waals surface area contributed by atoms with Gasteiger partial charge in [-0.2, -0.15) is 4.99 Å². The van der Waals surface area contributed by atoms with Gasteiger partial charge in [0.1, 0.15) is 5.75 Å². The molecule has 1 aliphatic heterocycles. The number of halogens is 1. The minimum absolute atomic E-state index is 0.118. The molecule has 22 heavy (non-hydrogen) atoms. The Morgan fingerprint density at radius 3 is 2.64 bits per heavy atom. The summed E-state index contributed by atoms with van der Waals surface area (Å²) in [6.45, 7) is 4.30. The number of ether oxygens (including phenoxy) is 2. The van der Waals surface area contributed by atoms with Gasteiger partial charge in [0.05, 0.1) is 29.8 Å². The third-order valence-electron chi connectivity index (χ3n) is 4.64. The molecule has 2 fully saturated rings. The van der Waals surface area contributed by atoms with Crippen LogP contribution < -0.4 is 4.74 Å². The average molecular weight is 366 g/mol. The molecule has 0 N–H and O–H groups in total. The summed E-state index contributed by atoms with van der Waals surface area (Å²) in [5.41, 5.74) is 0.786. The molecule has 2 aliphatic rings. The predicted molar refractivity (Wildman–Crippen MR) is 86.8 cm³/mol. The van der Waals surface area contributed by atoms with Gasteiger partial charge in [0, 0.05) is 5.41 Å². The zero-order chi connectivity index (χ0) is 15.6. The quantitative estimate of drug-likeness (QED) is 0.585. The monoisotopic (exact) mass is 365 g/mol. The topological polar surface area (TPSA) is 47.9 Å². The molecule has 5 heteroatoms. The van der Waals surface area contributed by atoms with Crippen LogP contribution in [0.1, 0.15) is 38.2 Å². The van der Waals surface area contributed by atoms with E-state index in [1.165, 1.54) is 0 Å². The van der Waals surface area contributed by atoms with Gasteiger partial charge in [0.2, 0.25) is 6.08 Å². The number of benzene rings is 1. The van der Waals surface area contributed by atoms with Gasteiger partial charge >= 0.3 is 0 Å². The van der Waals surface area contributed by atoms with E-state index in [0.717, 1.165) is 54.7 Å². The predicted octanol–water partition coefficient (Wildman–Crippen LogP) is 3.97. The summed E-state index contributed by atoms with van der Waals surface area (Å²) < 4.78 is 12.1. The van der Waals surface area contributed by atoms with Gasteiger partial charge in [-0.25, -0.2) is 4.79 Å². The van der Waals surface area contributed by atoms with Gasteiger partial charge in [-0.15, -0.1) is 0 Å². The average Bonchev–Trinajstić information content (AvgIpc) is 2.94. The first-order valence-electron chi connectivity index (χ1n) is 7.67. The van der Waals surface area contributed by atoms with E-state index < -0.39 is 5.54 Å². The normalized spacial score (nSPS) is 21.7. The molecule has 0 spiro atoms. The lowest BCUT2D eigenvalue weighted by molar-refractivity contribution is -0.120. The Hall–Kier alpha value is -1.16. The van der Waals surface area contributed by atoms with Crippen molar-refractivity contribution >= 4 is 22.0 Å². The maximum atomic E-state index is 10.8.